The summed E-state index contributed by atoms with van der Waals surface area (Å²) in [4.78, 5) is 0. The van der Waals surface area contributed by atoms with Crippen LogP contribution in [0.1, 0.15) is 62.8 Å². The maximum Gasteiger partial charge on any atom is 0.0346 e. The van der Waals surface area contributed by atoms with Crippen molar-refractivity contribution in [3.05, 3.63) is 34.9 Å². The first-order valence-electron chi connectivity index (χ1n) is 7.61. The Kier molecular flexibility index (Phi) is 4.82. The maximum absolute atomic E-state index is 3.73. The lowest BCUT2D eigenvalue weighted by Gasteiger charge is -2.25. The fourth-order valence-corrected chi connectivity index (χ4v) is 2.97. The van der Waals surface area contributed by atoms with Gasteiger partial charge in [0.25, 0.3) is 0 Å². The van der Waals surface area contributed by atoms with Crippen molar-refractivity contribution in [3.63, 3.8) is 0 Å². The molecule has 0 heterocycles. The van der Waals surface area contributed by atoms with E-state index in [4.69, 9.17) is 0 Å². The summed E-state index contributed by atoms with van der Waals surface area (Å²) in [7, 11) is 0. The van der Waals surface area contributed by atoms with Gasteiger partial charge in [-0.05, 0) is 54.8 Å². The molecule has 0 amide bonds. The van der Waals surface area contributed by atoms with E-state index in [0.29, 0.717) is 12.0 Å². The molecule has 0 radical (unpaired) electrons. The van der Waals surface area contributed by atoms with Crippen LogP contribution in [-0.2, 0) is 12.8 Å². The molecule has 0 spiro atoms. The first kappa shape index (κ1) is 13.6. The molecule has 2 unspecified atom stereocenters. The molecule has 1 nitrogen and oxygen atoms in total. The van der Waals surface area contributed by atoms with Gasteiger partial charge in [-0.1, -0.05) is 45.4 Å². The number of hydrogen-bond donors (Lipinski definition) is 1. The Morgan fingerprint density at radius 1 is 1.17 bits per heavy atom. The van der Waals surface area contributed by atoms with E-state index in [-0.39, 0.29) is 0 Å². The third kappa shape index (κ3) is 2.95. The molecule has 2 atom stereocenters. The van der Waals surface area contributed by atoms with Crippen LogP contribution in [0.25, 0.3) is 0 Å². The molecule has 1 aliphatic carbocycles. The molecule has 0 saturated heterocycles. The third-order valence-corrected chi connectivity index (χ3v) is 4.31. The Morgan fingerprint density at radius 3 is 2.67 bits per heavy atom. The molecule has 1 N–H and O–H groups in total. The van der Waals surface area contributed by atoms with Crippen molar-refractivity contribution in [2.75, 3.05) is 6.54 Å². The van der Waals surface area contributed by atoms with Crippen LogP contribution in [0.5, 0.6) is 0 Å². The summed E-state index contributed by atoms with van der Waals surface area (Å²) >= 11 is 0. The van der Waals surface area contributed by atoms with Gasteiger partial charge in [-0.15, -0.1) is 0 Å². The average molecular weight is 245 g/mol. The maximum atomic E-state index is 3.73. The van der Waals surface area contributed by atoms with Crippen LogP contribution >= 0.6 is 0 Å². The highest BCUT2D eigenvalue weighted by molar-refractivity contribution is 5.36. The minimum Gasteiger partial charge on any atom is -0.310 e. The van der Waals surface area contributed by atoms with Gasteiger partial charge in [-0.25, -0.2) is 0 Å². The zero-order valence-corrected chi connectivity index (χ0v) is 12.1. The smallest absolute Gasteiger partial charge is 0.0346 e. The zero-order chi connectivity index (χ0) is 13.0. The SMILES string of the molecule is CCCNC(c1ccc2c(c1)CCC2)C(C)CC. The molecule has 0 bridgehead atoms. The highest BCUT2D eigenvalue weighted by Crippen LogP contribution is 2.29. The molecule has 0 fully saturated rings. The molecule has 1 heteroatoms. The number of hydrogen-bond acceptors (Lipinski definition) is 1. The standard InChI is InChI=1S/C17H27N/c1-4-11-18-17(13(3)5-2)16-10-9-14-7-6-8-15(14)12-16/h9-10,12-13,17-18H,4-8,11H2,1-3H3. The first-order valence-corrected chi connectivity index (χ1v) is 7.61. The van der Waals surface area contributed by atoms with E-state index in [1.807, 2.05) is 0 Å². The Labute approximate surface area is 112 Å². The summed E-state index contributed by atoms with van der Waals surface area (Å²) in [5, 5.41) is 3.73. The molecule has 0 aliphatic heterocycles. The topological polar surface area (TPSA) is 12.0 Å². The molecule has 100 valence electrons. The lowest BCUT2D eigenvalue weighted by atomic mass is 9.90. The number of fused-ring (bicyclic) bond motifs is 1. The fourth-order valence-electron chi connectivity index (χ4n) is 2.97. The minimum atomic E-state index is 0.529. The number of rotatable bonds is 6. The van der Waals surface area contributed by atoms with E-state index in [0.717, 1.165) is 6.54 Å². The summed E-state index contributed by atoms with van der Waals surface area (Å²) in [6.45, 7) is 8.01. The van der Waals surface area contributed by atoms with Crippen LogP contribution in [0.3, 0.4) is 0 Å². The van der Waals surface area contributed by atoms with E-state index < -0.39 is 0 Å². The van der Waals surface area contributed by atoms with Crippen LogP contribution in [0, 0.1) is 5.92 Å². The number of aryl methyl sites for hydroxylation is 2. The molecule has 1 aliphatic rings. The Balaban J connectivity index is 2.18. The Bertz CT molecular complexity index is 383. The zero-order valence-electron chi connectivity index (χ0n) is 12.1. The highest BCUT2D eigenvalue weighted by Gasteiger charge is 2.19. The minimum absolute atomic E-state index is 0.529. The van der Waals surface area contributed by atoms with Gasteiger partial charge < -0.3 is 5.32 Å². The van der Waals surface area contributed by atoms with Crippen LogP contribution in [-0.4, -0.2) is 6.54 Å². The molecule has 18 heavy (non-hydrogen) atoms. The van der Waals surface area contributed by atoms with Gasteiger partial charge in [0, 0.05) is 6.04 Å². The van der Waals surface area contributed by atoms with Gasteiger partial charge in [-0.3, -0.25) is 0 Å². The Hall–Kier alpha value is -0.820. The molecule has 1 aromatic carbocycles. The Morgan fingerprint density at radius 2 is 1.94 bits per heavy atom. The molecule has 2 rings (SSSR count). The second-order valence-electron chi connectivity index (χ2n) is 5.70. The fraction of sp³-hybridized carbons (Fsp3) is 0.647. The summed E-state index contributed by atoms with van der Waals surface area (Å²) in [6, 6.07) is 7.70. The molecule has 0 aromatic heterocycles. The predicted molar refractivity (Wildman–Crippen MR) is 79.0 cm³/mol. The number of benzene rings is 1. The van der Waals surface area contributed by atoms with Crippen molar-refractivity contribution in [1.82, 2.24) is 5.32 Å². The molecule has 1 aromatic rings. The van der Waals surface area contributed by atoms with Gasteiger partial charge in [0.2, 0.25) is 0 Å². The lowest BCUT2D eigenvalue weighted by molar-refractivity contribution is 0.377. The monoisotopic (exact) mass is 245 g/mol. The predicted octanol–water partition coefficient (Wildman–Crippen LogP) is 4.26. The normalized spacial score (nSPS) is 17.5. The van der Waals surface area contributed by atoms with Gasteiger partial charge in [0.05, 0.1) is 0 Å². The van der Waals surface area contributed by atoms with Crippen LogP contribution in [0.15, 0.2) is 18.2 Å². The van der Waals surface area contributed by atoms with Crippen LogP contribution in [0.2, 0.25) is 0 Å². The van der Waals surface area contributed by atoms with E-state index in [9.17, 15) is 0 Å². The van der Waals surface area contributed by atoms with Crippen molar-refractivity contribution in [1.29, 1.82) is 0 Å². The molecule has 0 saturated carbocycles. The van der Waals surface area contributed by atoms with E-state index >= 15 is 0 Å². The summed E-state index contributed by atoms with van der Waals surface area (Å²) in [5.41, 5.74) is 4.68. The van der Waals surface area contributed by atoms with Gasteiger partial charge >= 0.3 is 0 Å². The molecular formula is C17H27N. The van der Waals surface area contributed by atoms with E-state index in [1.54, 1.807) is 11.1 Å². The summed E-state index contributed by atoms with van der Waals surface area (Å²) in [6.07, 6.45) is 6.35. The van der Waals surface area contributed by atoms with Gasteiger partial charge in [-0.2, -0.15) is 0 Å². The van der Waals surface area contributed by atoms with Crippen molar-refractivity contribution in [2.24, 2.45) is 5.92 Å². The second-order valence-corrected chi connectivity index (χ2v) is 5.70. The summed E-state index contributed by atoms with van der Waals surface area (Å²) in [5.74, 6) is 0.705. The highest BCUT2D eigenvalue weighted by atomic mass is 14.9. The quantitative estimate of drug-likeness (QED) is 0.789. The summed E-state index contributed by atoms with van der Waals surface area (Å²) < 4.78 is 0. The van der Waals surface area contributed by atoms with Crippen molar-refractivity contribution in [2.45, 2.75) is 58.9 Å². The first-order chi connectivity index (χ1) is 8.76. The van der Waals surface area contributed by atoms with Crippen molar-refractivity contribution >= 4 is 0 Å². The van der Waals surface area contributed by atoms with Crippen molar-refractivity contribution in [3.8, 4) is 0 Å². The molecular weight excluding hydrogens is 218 g/mol. The van der Waals surface area contributed by atoms with E-state index in [2.05, 4.69) is 44.3 Å². The van der Waals surface area contributed by atoms with Crippen LogP contribution in [0.4, 0.5) is 0 Å². The van der Waals surface area contributed by atoms with Crippen molar-refractivity contribution < 1.29 is 0 Å². The second kappa shape index (κ2) is 6.38. The lowest BCUT2D eigenvalue weighted by Crippen LogP contribution is -2.27. The number of nitrogens with one attached hydrogen (secondary N) is 1. The van der Waals surface area contributed by atoms with Gasteiger partial charge in [0.1, 0.15) is 0 Å². The average Bonchev–Trinajstić information content (AvgIpc) is 2.86. The van der Waals surface area contributed by atoms with Gasteiger partial charge in [0.15, 0.2) is 0 Å². The largest absolute Gasteiger partial charge is 0.310 e. The van der Waals surface area contributed by atoms with Crippen LogP contribution < -0.4 is 5.32 Å². The third-order valence-electron chi connectivity index (χ3n) is 4.31. The van der Waals surface area contributed by atoms with E-state index in [1.165, 1.54) is 37.7 Å².